The van der Waals surface area contributed by atoms with Crippen molar-refractivity contribution in [1.29, 1.82) is 0 Å². The van der Waals surface area contributed by atoms with Gasteiger partial charge in [-0.1, -0.05) is 6.08 Å². The van der Waals surface area contributed by atoms with E-state index in [1.165, 1.54) is 18.4 Å². The van der Waals surface area contributed by atoms with E-state index in [1.54, 1.807) is 19.1 Å². The summed E-state index contributed by atoms with van der Waals surface area (Å²) in [6.45, 7) is 5.99. The number of hydrogen-bond acceptors (Lipinski definition) is 5. The van der Waals surface area contributed by atoms with E-state index in [0.29, 0.717) is 24.5 Å². The number of nitrogens with one attached hydrogen (secondary N) is 2. The molecule has 0 heterocycles. The largest absolute Gasteiger partial charge is 0.504 e. The summed E-state index contributed by atoms with van der Waals surface area (Å²) in [7, 11) is 0. The highest BCUT2D eigenvalue weighted by Crippen LogP contribution is 2.26. The molecule has 0 aliphatic carbocycles. The van der Waals surface area contributed by atoms with Crippen LogP contribution < -0.4 is 15.5 Å². The van der Waals surface area contributed by atoms with E-state index >= 15 is 0 Å². The smallest absolute Gasteiger partial charge is 0.249 e. The Kier molecular flexibility index (Phi) is 7.18. The van der Waals surface area contributed by atoms with Crippen LogP contribution in [0.15, 0.2) is 36.0 Å². The Morgan fingerprint density at radius 3 is 2.86 bits per heavy atom. The molecule has 118 valence electrons. The molecular weight excluding hydrogens is 286 g/mol. The van der Waals surface area contributed by atoms with Gasteiger partial charge in [0.05, 0.1) is 12.8 Å². The van der Waals surface area contributed by atoms with Crippen molar-refractivity contribution in [3.63, 3.8) is 0 Å². The molecule has 0 aromatic heterocycles. The van der Waals surface area contributed by atoms with Crippen molar-refractivity contribution in [3.8, 4) is 11.5 Å². The van der Waals surface area contributed by atoms with Crippen LogP contribution in [-0.4, -0.2) is 36.3 Å². The molecule has 7 nitrogen and oxygen atoms in total. The van der Waals surface area contributed by atoms with Crippen molar-refractivity contribution in [2.24, 2.45) is 5.10 Å². The zero-order chi connectivity index (χ0) is 16.4. The number of amides is 2. The Morgan fingerprint density at radius 2 is 2.18 bits per heavy atom. The summed E-state index contributed by atoms with van der Waals surface area (Å²) in [4.78, 5) is 22.7. The first-order valence-electron chi connectivity index (χ1n) is 6.72. The van der Waals surface area contributed by atoms with Gasteiger partial charge in [0.2, 0.25) is 11.8 Å². The zero-order valence-corrected chi connectivity index (χ0v) is 12.3. The Hall–Kier alpha value is -2.83. The molecule has 2 amide bonds. The summed E-state index contributed by atoms with van der Waals surface area (Å²) in [5.41, 5.74) is 2.88. The van der Waals surface area contributed by atoms with Gasteiger partial charge in [0, 0.05) is 6.54 Å². The third-order valence-corrected chi connectivity index (χ3v) is 2.45. The van der Waals surface area contributed by atoms with Crippen LogP contribution in [-0.2, 0) is 9.59 Å². The summed E-state index contributed by atoms with van der Waals surface area (Å²) < 4.78 is 5.23. The van der Waals surface area contributed by atoms with Crippen molar-refractivity contribution < 1.29 is 19.4 Å². The second-order valence-electron chi connectivity index (χ2n) is 4.22. The molecule has 0 radical (unpaired) electrons. The first kappa shape index (κ1) is 17.2. The fourth-order valence-corrected chi connectivity index (χ4v) is 1.49. The van der Waals surface area contributed by atoms with E-state index in [9.17, 15) is 14.7 Å². The third-order valence-electron chi connectivity index (χ3n) is 2.45. The van der Waals surface area contributed by atoms with Crippen LogP contribution in [0.1, 0.15) is 18.9 Å². The predicted molar refractivity (Wildman–Crippen MR) is 82.8 cm³/mol. The van der Waals surface area contributed by atoms with Crippen LogP contribution >= 0.6 is 0 Å². The fourth-order valence-electron chi connectivity index (χ4n) is 1.49. The third kappa shape index (κ3) is 6.08. The van der Waals surface area contributed by atoms with E-state index in [-0.39, 0.29) is 12.2 Å². The zero-order valence-electron chi connectivity index (χ0n) is 12.3. The summed E-state index contributed by atoms with van der Waals surface area (Å²) in [6, 6.07) is 4.67. The lowest BCUT2D eigenvalue weighted by Gasteiger charge is -2.06. The highest BCUT2D eigenvalue weighted by Gasteiger charge is 2.07. The van der Waals surface area contributed by atoms with Gasteiger partial charge in [0.15, 0.2) is 11.5 Å². The number of carbonyl (C=O) groups is 2. The van der Waals surface area contributed by atoms with Gasteiger partial charge in [0.1, 0.15) is 6.42 Å². The lowest BCUT2D eigenvalue weighted by Crippen LogP contribution is -2.29. The molecule has 0 saturated carbocycles. The molecular formula is C15H19N3O4. The molecule has 0 aliphatic rings. The van der Waals surface area contributed by atoms with Gasteiger partial charge >= 0.3 is 0 Å². The first-order chi connectivity index (χ1) is 10.6. The van der Waals surface area contributed by atoms with Gasteiger partial charge in [0.25, 0.3) is 0 Å². The number of benzene rings is 1. The molecule has 0 spiro atoms. The van der Waals surface area contributed by atoms with E-state index < -0.39 is 11.8 Å². The Balaban J connectivity index is 2.51. The lowest BCUT2D eigenvalue weighted by molar-refractivity contribution is -0.129. The summed E-state index contributed by atoms with van der Waals surface area (Å²) >= 11 is 0. The normalized spacial score (nSPS) is 10.2. The molecule has 1 aromatic rings. The molecule has 3 N–H and O–H groups in total. The van der Waals surface area contributed by atoms with Crippen LogP contribution in [0.3, 0.4) is 0 Å². The van der Waals surface area contributed by atoms with Gasteiger partial charge in [-0.25, -0.2) is 5.43 Å². The summed E-state index contributed by atoms with van der Waals surface area (Å²) in [6.07, 6.45) is 2.60. The van der Waals surface area contributed by atoms with Crippen molar-refractivity contribution in [2.75, 3.05) is 13.2 Å². The monoisotopic (exact) mass is 305 g/mol. The number of aromatic hydroxyl groups is 1. The average molecular weight is 305 g/mol. The van der Waals surface area contributed by atoms with Gasteiger partial charge in [-0.2, -0.15) is 5.10 Å². The van der Waals surface area contributed by atoms with Gasteiger partial charge < -0.3 is 15.2 Å². The Labute approximate surface area is 128 Å². The number of phenols is 1. The van der Waals surface area contributed by atoms with Crippen LogP contribution in [0.2, 0.25) is 0 Å². The van der Waals surface area contributed by atoms with E-state index in [4.69, 9.17) is 4.74 Å². The maximum absolute atomic E-state index is 11.5. The molecule has 0 fully saturated rings. The number of nitrogens with zero attached hydrogens (tertiary/aromatic N) is 1. The summed E-state index contributed by atoms with van der Waals surface area (Å²) in [5.74, 6) is -0.569. The van der Waals surface area contributed by atoms with Crippen LogP contribution in [0.4, 0.5) is 0 Å². The average Bonchev–Trinajstić information content (AvgIpc) is 2.48. The SMILES string of the molecule is C=CCNC(=O)CC(=O)N/N=C/c1ccc(O)c(OCC)c1. The molecule has 1 aromatic carbocycles. The second-order valence-corrected chi connectivity index (χ2v) is 4.22. The number of phenolic OH excluding ortho intramolecular Hbond substituents is 1. The Bertz CT molecular complexity index is 570. The number of rotatable bonds is 8. The standard InChI is InChI=1S/C15H19N3O4/c1-3-7-16-14(20)9-15(21)18-17-10-11-5-6-12(19)13(8-11)22-4-2/h3,5-6,8,10,19H,1,4,7,9H2,2H3,(H,16,20)(H,18,21)/b17-10+. The number of hydrogen-bond donors (Lipinski definition) is 3. The van der Waals surface area contributed by atoms with Gasteiger partial charge in [-0.05, 0) is 30.7 Å². The quantitative estimate of drug-likeness (QED) is 0.288. The predicted octanol–water partition coefficient (Wildman–Crippen LogP) is 0.933. The van der Waals surface area contributed by atoms with Crippen molar-refractivity contribution in [3.05, 3.63) is 36.4 Å². The van der Waals surface area contributed by atoms with E-state index in [1.807, 2.05) is 0 Å². The minimum atomic E-state index is -0.526. The maximum Gasteiger partial charge on any atom is 0.249 e. The molecule has 0 aliphatic heterocycles. The van der Waals surface area contributed by atoms with Crippen LogP contribution in [0, 0.1) is 0 Å². The Morgan fingerprint density at radius 1 is 1.41 bits per heavy atom. The lowest BCUT2D eigenvalue weighted by atomic mass is 10.2. The van der Waals surface area contributed by atoms with Gasteiger partial charge in [-0.15, -0.1) is 6.58 Å². The van der Waals surface area contributed by atoms with E-state index in [0.717, 1.165) is 0 Å². The van der Waals surface area contributed by atoms with Crippen molar-refractivity contribution in [2.45, 2.75) is 13.3 Å². The minimum absolute atomic E-state index is 0.0296. The van der Waals surface area contributed by atoms with E-state index in [2.05, 4.69) is 22.4 Å². The fraction of sp³-hybridized carbons (Fsp3) is 0.267. The highest BCUT2D eigenvalue weighted by molar-refractivity contribution is 5.97. The molecule has 0 bridgehead atoms. The van der Waals surface area contributed by atoms with Crippen LogP contribution in [0.5, 0.6) is 11.5 Å². The molecule has 0 saturated heterocycles. The molecule has 22 heavy (non-hydrogen) atoms. The van der Waals surface area contributed by atoms with Gasteiger partial charge in [-0.3, -0.25) is 9.59 Å². The second kappa shape index (κ2) is 9.17. The highest BCUT2D eigenvalue weighted by atomic mass is 16.5. The molecule has 0 unspecified atom stereocenters. The maximum atomic E-state index is 11.5. The first-order valence-corrected chi connectivity index (χ1v) is 6.72. The van der Waals surface area contributed by atoms with Crippen molar-refractivity contribution >= 4 is 18.0 Å². The van der Waals surface area contributed by atoms with Crippen molar-refractivity contribution in [1.82, 2.24) is 10.7 Å². The number of ether oxygens (including phenoxy) is 1. The molecule has 1 rings (SSSR count). The van der Waals surface area contributed by atoms with Crippen LogP contribution in [0.25, 0.3) is 0 Å². The topological polar surface area (TPSA) is 100 Å². The number of hydrazone groups is 1. The minimum Gasteiger partial charge on any atom is -0.504 e. The molecule has 0 atom stereocenters. The molecule has 7 heteroatoms. The number of carbonyl (C=O) groups excluding carboxylic acids is 2. The summed E-state index contributed by atoms with van der Waals surface area (Å²) in [5, 5.41) is 15.8.